The second kappa shape index (κ2) is 5.91. The van der Waals surface area contributed by atoms with Gasteiger partial charge in [-0.2, -0.15) is 0 Å². The number of aryl methyl sites for hydroxylation is 1. The van der Waals surface area contributed by atoms with Gasteiger partial charge in [0.15, 0.2) is 0 Å². The molecule has 0 radical (unpaired) electrons. The first-order valence-electron chi connectivity index (χ1n) is 5.80. The predicted molar refractivity (Wildman–Crippen MR) is 82.0 cm³/mol. The van der Waals surface area contributed by atoms with Crippen LogP contribution in [0.2, 0.25) is 0 Å². The highest BCUT2D eigenvalue weighted by Crippen LogP contribution is 2.32. The van der Waals surface area contributed by atoms with Crippen molar-refractivity contribution in [3.05, 3.63) is 14.7 Å². The zero-order valence-corrected chi connectivity index (χ0v) is 14.8. The minimum absolute atomic E-state index is 0.392. The van der Waals surface area contributed by atoms with Crippen molar-refractivity contribution >= 4 is 53.2 Å². The summed E-state index contributed by atoms with van der Waals surface area (Å²) in [5, 5.41) is 0. The quantitative estimate of drug-likeness (QED) is 0.761. The number of sulfonamides is 1. The summed E-state index contributed by atoms with van der Waals surface area (Å²) in [4.78, 5) is 1.65. The molecule has 0 spiro atoms. The number of halogens is 2. The van der Waals surface area contributed by atoms with Crippen LogP contribution in [0, 0.1) is 12.8 Å². The number of hydrogen-bond acceptors (Lipinski definition) is 3. The zero-order chi connectivity index (χ0) is 13.3. The third kappa shape index (κ3) is 3.36. The maximum Gasteiger partial charge on any atom is 0.241 e. The van der Waals surface area contributed by atoms with Crippen molar-refractivity contribution in [2.75, 3.05) is 6.54 Å². The SMILES string of the molecule is Cc1sc(Br)cc1S(=O)(=O)NCC1CCCC1Br. The molecule has 0 aromatic carbocycles. The van der Waals surface area contributed by atoms with Crippen LogP contribution in [0.15, 0.2) is 14.7 Å². The van der Waals surface area contributed by atoms with Crippen molar-refractivity contribution in [1.29, 1.82) is 0 Å². The lowest BCUT2D eigenvalue weighted by Gasteiger charge is -2.14. The molecule has 1 aliphatic carbocycles. The van der Waals surface area contributed by atoms with Crippen LogP contribution in [0.1, 0.15) is 24.1 Å². The van der Waals surface area contributed by atoms with E-state index in [1.54, 1.807) is 6.07 Å². The molecule has 1 aliphatic rings. The standard InChI is InChI=1S/C11H15Br2NO2S2/c1-7-10(5-11(13)17-7)18(15,16)14-6-8-3-2-4-9(8)12/h5,8-9,14H,2-4,6H2,1H3. The topological polar surface area (TPSA) is 46.2 Å². The fourth-order valence-corrected chi connectivity index (χ4v) is 6.50. The molecule has 1 aromatic heterocycles. The first-order chi connectivity index (χ1) is 8.40. The van der Waals surface area contributed by atoms with E-state index < -0.39 is 10.0 Å². The molecule has 2 atom stereocenters. The van der Waals surface area contributed by atoms with Gasteiger partial charge in [0.1, 0.15) is 0 Å². The highest BCUT2D eigenvalue weighted by molar-refractivity contribution is 9.11. The Morgan fingerprint density at radius 3 is 2.72 bits per heavy atom. The van der Waals surface area contributed by atoms with E-state index in [4.69, 9.17) is 0 Å². The van der Waals surface area contributed by atoms with Crippen molar-refractivity contribution < 1.29 is 8.42 Å². The normalized spacial score (nSPS) is 24.6. The van der Waals surface area contributed by atoms with E-state index in [1.165, 1.54) is 17.8 Å². The largest absolute Gasteiger partial charge is 0.241 e. The number of alkyl halides is 1. The van der Waals surface area contributed by atoms with Crippen molar-refractivity contribution in [2.45, 2.75) is 35.9 Å². The molecule has 1 heterocycles. The van der Waals surface area contributed by atoms with Gasteiger partial charge in [0.05, 0.1) is 8.68 Å². The highest BCUT2D eigenvalue weighted by Gasteiger charge is 2.27. The molecular formula is C11H15Br2NO2S2. The number of thiophene rings is 1. The molecule has 18 heavy (non-hydrogen) atoms. The van der Waals surface area contributed by atoms with Crippen LogP contribution < -0.4 is 4.72 Å². The van der Waals surface area contributed by atoms with Crippen molar-refractivity contribution in [2.24, 2.45) is 5.92 Å². The van der Waals surface area contributed by atoms with E-state index >= 15 is 0 Å². The summed E-state index contributed by atoms with van der Waals surface area (Å²) in [6, 6.07) is 1.67. The minimum atomic E-state index is -3.37. The first kappa shape index (κ1) is 15.0. The van der Waals surface area contributed by atoms with Gasteiger partial charge in [-0.3, -0.25) is 0 Å². The molecule has 0 saturated heterocycles. The summed E-state index contributed by atoms with van der Waals surface area (Å²) in [7, 11) is -3.37. The Kier molecular flexibility index (Phi) is 4.91. The van der Waals surface area contributed by atoms with Crippen LogP contribution in [-0.4, -0.2) is 19.8 Å². The molecule has 1 N–H and O–H groups in total. The lowest BCUT2D eigenvalue weighted by molar-refractivity contribution is 0.529. The van der Waals surface area contributed by atoms with Gasteiger partial charge in [-0.15, -0.1) is 11.3 Å². The summed E-state index contributed by atoms with van der Waals surface area (Å²) in [6.45, 7) is 2.35. The monoisotopic (exact) mass is 415 g/mol. The Balaban J connectivity index is 2.06. The molecule has 0 aliphatic heterocycles. The van der Waals surface area contributed by atoms with Gasteiger partial charge >= 0.3 is 0 Å². The zero-order valence-electron chi connectivity index (χ0n) is 9.95. The Morgan fingerprint density at radius 2 is 2.22 bits per heavy atom. The molecule has 1 fully saturated rings. The van der Waals surface area contributed by atoms with E-state index in [-0.39, 0.29) is 0 Å². The molecule has 2 rings (SSSR count). The van der Waals surface area contributed by atoms with Crippen molar-refractivity contribution in [3.8, 4) is 0 Å². The molecule has 1 saturated carbocycles. The van der Waals surface area contributed by atoms with E-state index in [0.29, 0.717) is 22.2 Å². The van der Waals surface area contributed by atoms with Gasteiger partial charge < -0.3 is 0 Å². The van der Waals surface area contributed by atoms with Crippen LogP contribution in [0.25, 0.3) is 0 Å². The lowest BCUT2D eigenvalue weighted by atomic mass is 10.1. The first-order valence-corrected chi connectivity index (χ1v) is 9.80. The highest BCUT2D eigenvalue weighted by atomic mass is 79.9. The summed E-state index contributed by atoms with van der Waals surface area (Å²) in [5.74, 6) is 0.405. The number of nitrogens with one attached hydrogen (secondary N) is 1. The second-order valence-corrected chi connectivity index (χ2v) is 10.1. The fourth-order valence-electron chi connectivity index (χ4n) is 2.21. The molecule has 7 heteroatoms. The smallest absolute Gasteiger partial charge is 0.211 e. The van der Waals surface area contributed by atoms with Gasteiger partial charge in [0.25, 0.3) is 0 Å². The van der Waals surface area contributed by atoms with E-state index in [2.05, 4.69) is 36.6 Å². The van der Waals surface area contributed by atoms with Crippen molar-refractivity contribution in [3.63, 3.8) is 0 Å². The average molecular weight is 417 g/mol. The van der Waals surface area contributed by atoms with Gasteiger partial charge in [0.2, 0.25) is 10.0 Å². The molecule has 0 bridgehead atoms. The molecule has 3 nitrogen and oxygen atoms in total. The number of rotatable bonds is 4. The lowest BCUT2D eigenvalue weighted by Crippen LogP contribution is -2.31. The third-order valence-electron chi connectivity index (χ3n) is 3.23. The Hall–Kier alpha value is 0.570. The summed E-state index contributed by atoms with van der Waals surface area (Å²) in [5.41, 5.74) is 0. The van der Waals surface area contributed by atoms with E-state index in [1.807, 2.05) is 6.92 Å². The van der Waals surface area contributed by atoms with E-state index in [0.717, 1.165) is 21.5 Å². The molecule has 2 unspecified atom stereocenters. The maximum absolute atomic E-state index is 12.2. The summed E-state index contributed by atoms with van der Waals surface area (Å²) < 4.78 is 28.0. The van der Waals surface area contributed by atoms with Gasteiger partial charge in [0, 0.05) is 16.2 Å². The Morgan fingerprint density at radius 1 is 1.50 bits per heavy atom. The van der Waals surface area contributed by atoms with Crippen molar-refractivity contribution in [1.82, 2.24) is 4.72 Å². The Bertz CT molecular complexity index is 527. The Labute approximate surface area is 129 Å². The van der Waals surface area contributed by atoms with Crippen LogP contribution in [-0.2, 0) is 10.0 Å². The number of hydrogen-bond donors (Lipinski definition) is 1. The summed E-state index contributed by atoms with van der Waals surface area (Å²) >= 11 is 8.37. The predicted octanol–water partition coefficient (Wildman–Crippen LogP) is 3.66. The molecule has 0 amide bonds. The molecule has 1 aromatic rings. The molecule has 102 valence electrons. The maximum atomic E-state index is 12.2. The van der Waals surface area contributed by atoms with Gasteiger partial charge in [-0.05, 0) is 47.7 Å². The summed E-state index contributed by atoms with van der Waals surface area (Å²) in [6.07, 6.45) is 3.39. The van der Waals surface area contributed by atoms with Gasteiger partial charge in [-0.25, -0.2) is 13.1 Å². The van der Waals surface area contributed by atoms with Crippen LogP contribution in [0.4, 0.5) is 0 Å². The van der Waals surface area contributed by atoms with Gasteiger partial charge in [-0.1, -0.05) is 22.4 Å². The fraction of sp³-hybridized carbons (Fsp3) is 0.636. The third-order valence-corrected chi connectivity index (χ3v) is 7.67. The second-order valence-electron chi connectivity index (χ2n) is 4.53. The van der Waals surface area contributed by atoms with Crippen LogP contribution >= 0.6 is 43.2 Å². The average Bonchev–Trinajstić information content (AvgIpc) is 2.82. The minimum Gasteiger partial charge on any atom is -0.211 e. The molecular weight excluding hydrogens is 402 g/mol. The van der Waals surface area contributed by atoms with Crippen LogP contribution in [0.5, 0.6) is 0 Å². The van der Waals surface area contributed by atoms with Crippen LogP contribution in [0.3, 0.4) is 0 Å². The van der Waals surface area contributed by atoms with E-state index in [9.17, 15) is 8.42 Å².